The van der Waals surface area contributed by atoms with Crippen molar-refractivity contribution < 1.29 is 0 Å². The van der Waals surface area contributed by atoms with E-state index in [2.05, 4.69) is 31.7 Å². The van der Waals surface area contributed by atoms with E-state index in [1.807, 2.05) is 11.3 Å². The number of rotatable bonds is 4. The Bertz CT molecular complexity index is 372. The van der Waals surface area contributed by atoms with Gasteiger partial charge in [0, 0.05) is 34.9 Å². The standard InChI is InChI=1S/C14H24N2S/c1-4-13-6-5-10(2)16(13)9-12-7-14(8-15)17-11(12)3/h7,10,13H,4-6,8-9,15H2,1-3H3. The number of thiophene rings is 1. The van der Waals surface area contributed by atoms with Crippen molar-refractivity contribution in [3.05, 3.63) is 21.4 Å². The molecule has 2 atom stereocenters. The summed E-state index contributed by atoms with van der Waals surface area (Å²) in [5.74, 6) is 0. The summed E-state index contributed by atoms with van der Waals surface area (Å²) in [6.07, 6.45) is 3.99. The van der Waals surface area contributed by atoms with Gasteiger partial charge in [-0.1, -0.05) is 6.92 Å². The zero-order chi connectivity index (χ0) is 12.4. The van der Waals surface area contributed by atoms with Gasteiger partial charge in [0.25, 0.3) is 0 Å². The quantitative estimate of drug-likeness (QED) is 0.891. The van der Waals surface area contributed by atoms with Crippen LogP contribution >= 0.6 is 11.3 Å². The van der Waals surface area contributed by atoms with Gasteiger partial charge in [-0.25, -0.2) is 0 Å². The van der Waals surface area contributed by atoms with Crippen molar-refractivity contribution in [2.24, 2.45) is 5.73 Å². The van der Waals surface area contributed by atoms with Crippen molar-refractivity contribution in [2.75, 3.05) is 0 Å². The molecule has 1 saturated heterocycles. The molecule has 0 amide bonds. The van der Waals surface area contributed by atoms with Gasteiger partial charge in [0.1, 0.15) is 0 Å². The lowest BCUT2D eigenvalue weighted by Gasteiger charge is -2.27. The maximum absolute atomic E-state index is 5.72. The molecule has 96 valence electrons. The molecule has 1 aromatic rings. The molecule has 1 aliphatic heterocycles. The van der Waals surface area contributed by atoms with E-state index in [-0.39, 0.29) is 0 Å². The van der Waals surface area contributed by atoms with Crippen LogP contribution < -0.4 is 5.73 Å². The molecule has 2 N–H and O–H groups in total. The van der Waals surface area contributed by atoms with Crippen LogP contribution in [0.3, 0.4) is 0 Å². The van der Waals surface area contributed by atoms with Gasteiger partial charge in [0.15, 0.2) is 0 Å². The van der Waals surface area contributed by atoms with Crippen LogP contribution in [0, 0.1) is 6.92 Å². The van der Waals surface area contributed by atoms with Crippen molar-refractivity contribution in [1.29, 1.82) is 0 Å². The predicted molar refractivity (Wildman–Crippen MR) is 75.3 cm³/mol. The molecule has 1 fully saturated rings. The molecule has 1 aliphatic rings. The van der Waals surface area contributed by atoms with Gasteiger partial charge in [-0.3, -0.25) is 4.90 Å². The molecule has 3 heteroatoms. The van der Waals surface area contributed by atoms with Gasteiger partial charge in [-0.15, -0.1) is 11.3 Å². The molecular weight excluding hydrogens is 228 g/mol. The largest absolute Gasteiger partial charge is 0.326 e. The Labute approximate surface area is 109 Å². The van der Waals surface area contributed by atoms with Gasteiger partial charge in [0.2, 0.25) is 0 Å². The second-order valence-corrected chi connectivity index (χ2v) is 6.50. The summed E-state index contributed by atoms with van der Waals surface area (Å²) >= 11 is 1.86. The van der Waals surface area contributed by atoms with E-state index in [9.17, 15) is 0 Å². The molecule has 1 aromatic heterocycles. The van der Waals surface area contributed by atoms with Crippen LogP contribution in [0.2, 0.25) is 0 Å². The molecule has 0 spiro atoms. The molecule has 2 rings (SSSR count). The SMILES string of the molecule is CCC1CCC(C)N1Cc1cc(CN)sc1C. The zero-order valence-corrected chi connectivity index (χ0v) is 12.0. The highest BCUT2D eigenvalue weighted by molar-refractivity contribution is 7.12. The highest BCUT2D eigenvalue weighted by atomic mass is 32.1. The first-order valence-electron chi connectivity index (χ1n) is 6.69. The topological polar surface area (TPSA) is 29.3 Å². The van der Waals surface area contributed by atoms with Crippen molar-refractivity contribution in [2.45, 2.75) is 65.2 Å². The summed E-state index contributed by atoms with van der Waals surface area (Å²) in [7, 11) is 0. The summed E-state index contributed by atoms with van der Waals surface area (Å²) in [6.45, 7) is 8.68. The molecule has 2 heterocycles. The molecule has 2 unspecified atom stereocenters. The maximum atomic E-state index is 5.72. The summed E-state index contributed by atoms with van der Waals surface area (Å²) in [5.41, 5.74) is 7.21. The van der Waals surface area contributed by atoms with Crippen LogP contribution in [0.15, 0.2) is 6.07 Å². The van der Waals surface area contributed by atoms with E-state index in [1.54, 1.807) is 0 Å². The van der Waals surface area contributed by atoms with Crippen LogP contribution in [0.4, 0.5) is 0 Å². The third-order valence-electron chi connectivity index (χ3n) is 4.05. The van der Waals surface area contributed by atoms with Crippen molar-refractivity contribution in [3.8, 4) is 0 Å². The Morgan fingerprint density at radius 2 is 2.24 bits per heavy atom. The van der Waals surface area contributed by atoms with Gasteiger partial charge >= 0.3 is 0 Å². The average Bonchev–Trinajstić information content (AvgIpc) is 2.85. The highest BCUT2D eigenvalue weighted by Crippen LogP contribution is 2.30. The van der Waals surface area contributed by atoms with Crippen LogP contribution in [-0.2, 0) is 13.1 Å². The van der Waals surface area contributed by atoms with E-state index in [0.717, 1.165) is 18.6 Å². The Morgan fingerprint density at radius 3 is 2.82 bits per heavy atom. The third-order valence-corrected chi connectivity index (χ3v) is 5.16. The fourth-order valence-electron chi connectivity index (χ4n) is 2.89. The second kappa shape index (κ2) is 5.51. The lowest BCUT2D eigenvalue weighted by atomic mass is 10.1. The maximum Gasteiger partial charge on any atom is 0.0274 e. The fourth-order valence-corrected chi connectivity index (χ4v) is 3.82. The van der Waals surface area contributed by atoms with Crippen LogP contribution in [-0.4, -0.2) is 17.0 Å². The minimum atomic E-state index is 0.679. The normalized spacial score (nSPS) is 25.6. The number of aryl methyl sites for hydroxylation is 1. The van der Waals surface area contributed by atoms with Crippen molar-refractivity contribution >= 4 is 11.3 Å². The molecule has 0 saturated carbocycles. The van der Waals surface area contributed by atoms with Gasteiger partial charge in [-0.2, -0.15) is 0 Å². The Hall–Kier alpha value is -0.380. The fraction of sp³-hybridized carbons (Fsp3) is 0.714. The molecule has 0 aliphatic carbocycles. The molecular formula is C14H24N2S. The van der Waals surface area contributed by atoms with Gasteiger partial charge in [-0.05, 0) is 44.7 Å². The molecule has 2 nitrogen and oxygen atoms in total. The summed E-state index contributed by atoms with van der Waals surface area (Å²) < 4.78 is 0. The average molecular weight is 252 g/mol. The first kappa shape index (κ1) is 13.1. The third kappa shape index (κ3) is 2.72. The Balaban J connectivity index is 2.10. The monoisotopic (exact) mass is 252 g/mol. The summed E-state index contributed by atoms with van der Waals surface area (Å²) in [4.78, 5) is 5.44. The Kier molecular flexibility index (Phi) is 4.23. The number of hydrogen-bond donors (Lipinski definition) is 1. The molecule has 0 bridgehead atoms. The van der Waals surface area contributed by atoms with E-state index < -0.39 is 0 Å². The minimum Gasteiger partial charge on any atom is -0.326 e. The lowest BCUT2D eigenvalue weighted by molar-refractivity contribution is 0.189. The highest BCUT2D eigenvalue weighted by Gasteiger charge is 2.29. The smallest absolute Gasteiger partial charge is 0.0274 e. The lowest BCUT2D eigenvalue weighted by Crippen LogP contribution is -2.33. The number of nitrogens with zero attached hydrogens (tertiary/aromatic N) is 1. The first-order valence-corrected chi connectivity index (χ1v) is 7.51. The van der Waals surface area contributed by atoms with Gasteiger partial charge in [0.05, 0.1) is 0 Å². The minimum absolute atomic E-state index is 0.679. The number of nitrogens with two attached hydrogens (primary N) is 1. The number of hydrogen-bond acceptors (Lipinski definition) is 3. The first-order chi connectivity index (χ1) is 8.15. The summed E-state index contributed by atoms with van der Waals surface area (Å²) in [6, 6.07) is 3.82. The van der Waals surface area contributed by atoms with E-state index in [0.29, 0.717) is 6.54 Å². The van der Waals surface area contributed by atoms with Gasteiger partial charge < -0.3 is 5.73 Å². The predicted octanol–water partition coefficient (Wildman–Crippen LogP) is 3.28. The zero-order valence-electron chi connectivity index (χ0n) is 11.2. The van der Waals surface area contributed by atoms with E-state index in [4.69, 9.17) is 5.73 Å². The molecule has 17 heavy (non-hydrogen) atoms. The van der Waals surface area contributed by atoms with Crippen LogP contribution in [0.1, 0.15) is 48.4 Å². The van der Waals surface area contributed by atoms with E-state index in [1.165, 1.54) is 34.6 Å². The molecule has 0 radical (unpaired) electrons. The Morgan fingerprint density at radius 1 is 1.47 bits per heavy atom. The van der Waals surface area contributed by atoms with Crippen LogP contribution in [0.25, 0.3) is 0 Å². The van der Waals surface area contributed by atoms with Crippen molar-refractivity contribution in [3.63, 3.8) is 0 Å². The second-order valence-electron chi connectivity index (χ2n) is 5.16. The summed E-state index contributed by atoms with van der Waals surface area (Å²) in [5, 5.41) is 0. The van der Waals surface area contributed by atoms with Crippen LogP contribution in [0.5, 0.6) is 0 Å². The molecule has 0 aromatic carbocycles. The van der Waals surface area contributed by atoms with Crippen molar-refractivity contribution in [1.82, 2.24) is 4.90 Å². The number of likely N-dealkylation sites (tertiary alicyclic amines) is 1. The van der Waals surface area contributed by atoms with E-state index >= 15 is 0 Å².